The van der Waals surface area contributed by atoms with Crippen LogP contribution in [-0.4, -0.2) is 62.3 Å². The van der Waals surface area contributed by atoms with E-state index in [2.05, 4.69) is 10.2 Å². The summed E-state index contributed by atoms with van der Waals surface area (Å²) in [6.07, 6.45) is 2.14. The van der Waals surface area contributed by atoms with E-state index in [0.29, 0.717) is 31.7 Å². The summed E-state index contributed by atoms with van der Waals surface area (Å²) in [5, 5.41) is 2.75. The lowest BCUT2D eigenvalue weighted by Crippen LogP contribution is -2.48. The van der Waals surface area contributed by atoms with Crippen LogP contribution in [0.2, 0.25) is 0 Å². The predicted octanol–water partition coefficient (Wildman–Crippen LogP) is 2.31. The monoisotopic (exact) mass is 454 g/mol. The molecular weight excluding hydrogens is 423 g/mol. The maximum absolute atomic E-state index is 13.0. The second kappa shape index (κ2) is 11.3. The fourth-order valence-corrected chi connectivity index (χ4v) is 4.57. The van der Waals surface area contributed by atoms with Crippen molar-refractivity contribution in [2.45, 2.75) is 43.5 Å². The van der Waals surface area contributed by atoms with Gasteiger partial charge in [0.25, 0.3) is 0 Å². The molecule has 1 amide bonds. The minimum absolute atomic E-state index is 0. The van der Waals surface area contributed by atoms with Gasteiger partial charge in [-0.05, 0) is 51.6 Å². The largest absolute Gasteiger partial charge is 0.324 e. The molecule has 162 valence electrons. The third kappa shape index (κ3) is 6.86. The molecule has 10 heteroatoms. The average Bonchev–Trinajstić information content (AvgIpc) is 2.80. The number of nitrogens with zero attached hydrogens (tertiary/aromatic N) is 2. The fourth-order valence-electron chi connectivity index (χ4n) is 3.05. The molecule has 7 nitrogen and oxygen atoms in total. The lowest BCUT2D eigenvalue weighted by atomic mass is 9.96. The number of carbonyl (C=O) groups is 1. The van der Waals surface area contributed by atoms with Gasteiger partial charge in [-0.3, -0.25) is 4.79 Å². The van der Waals surface area contributed by atoms with Crippen LogP contribution in [0.3, 0.4) is 0 Å². The van der Waals surface area contributed by atoms with E-state index in [0.717, 1.165) is 19.4 Å². The molecule has 0 bridgehead atoms. The lowest BCUT2D eigenvalue weighted by molar-refractivity contribution is -0.120. The molecule has 28 heavy (non-hydrogen) atoms. The van der Waals surface area contributed by atoms with E-state index in [1.165, 1.54) is 10.4 Å². The second-order valence-electron chi connectivity index (χ2n) is 7.21. The first-order chi connectivity index (χ1) is 12.2. The van der Waals surface area contributed by atoms with Crippen LogP contribution in [0.15, 0.2) is 29.2 Å². The summed E-state index contributed by atoms with van der Waals surface area (Å²) in [5.41, 5.74) is 5.50. The van der Waals surface area contributed by atoms with E-state index >= 15 is 0 Å². The number of nitrogens with one attached hydrogen (secondary N) is 1. The Kier molecular flexibility index (Phi) is 11.0. The SMILES string of the molecule is CCCC(C)(N)C(=O)Nc1cccc(S(=O)(=O)N2CCCN(C)CC2)c1.Cl.Cl. The van der Waals surface area contributed by atoms with E-state index in [9.17, 15) is 13.2 Å². The van der Waals surface area contributed by atoms with Crippen molar-refractivity contribution in [3.05, 3.63) is 24.3 Å². The Balaban J connectivity index is 0.00000364. The Morgan fingerprint density at radius 1 is 1.21 bits per heavy atom. The number of sulfonamides is 1. The van der Waals surface area contributed by atoms with Crippen molar-refractivity contribution < 1.29 is 13.2 Å². The van der Waals surface area contributed by atoms with Gasteiger partial charge in [-0.1, -0.05) is 19.4 Å². The summed E-state index contributed by atoms with van der Waals surface area (Å²) in [6, 6.07) is 6.38. The third-order valence-electron chi connectivity index (χ3n) is 4.70. The number of carbonyl (C=O) groups excluding carboxylic acids is 1. The van der Waals surface area contributed by atoms with Crippen molar-refractivity contribution in [2.75, 3.05) is 38.5 Å². The highest BCUT2D eigenvalue weighted by molar-refractivity contribution is 7.89. The zero-order chi connectivity index (χ0) is 19.4. The molecule has 0 aromatic heterocycles. The van der Waals surface area contributed by atoms with E-state index in [4.69, 9.17) is 5.73 Å². The minimum atomic E-state index is -3.59. The van der Waals surface area contributed by atoms with Gasteiger partial charge in [-0.15, -0.1) is 24.8 Å². The van der Waals surface area contributed by atoms with Gasteiger partial charge in [0.15, 0.2) is 0 Å². The molecule has 1 aliphatic heterocycles. The van der Waals surface area contributed by atoms with Crippen LogP contribution in [0.25, 0.3) is 0 Å². The van der Waals surface area contributed by atoms with Gasteiger partial charge in [0.1, 0.15) is 0 Å². The highest BCUT2D eigenvalue weighted by Crippen LogP contribution is 2.22. The highest BCUT2D eigenvalue weighted by Gasteiger charge is 2.29. The molecule has 1 heterocycles. The normalized spacial score (nSPS) is 18.1. The average molecular weight is 455 g/mol. The van der Waals surface area contributed by atoms with E-state index in [1.807, 2.05) is 14.0 Å². The summed E-state index contributed by atoms with van der Waals surface area (Å²) in [4.78, 5) is 14.7. The third-order valence-corrected chi connectivity index (χ3v) is 6.59. The second-order valence-corrected chi connectivity index (χ2v) is 9.15. The molecule has 1 atom stereocenters. The Hall–Kier alpha value is -0.900. The number of hydrogen-bond donors (Lipinski definition) is 2. The van der Waals surface area contributed by atoms with Crippen LogP contribution in [0.4, 0.5) is 5.69 Å². The van der Waals surface area contributed by atoms with Crippen LogP contribution < -0.4 is 11.1 Å². The van der Waals surface area contributed by atoms with Gasteiger partial charge >= 0.3 is 0 Å². The predicted molar refractivity (Wildman–Crippen MR) is 118 cm³/mol. The lowest BCUT2D eigenvalue weighted by Gasteiger charge is -2.23. The molecule has 1 aromatic rings. The summed E-state index contributed by atoms with van der Waals surface area (Å²) < 4.78 is 27.4. The molecule has 1 aromatic carbocycles. The number of anilines is 1. The number of rotatable bonds is 6. The van der Waals surface area contributed by atoms with Crippen LogP contribution >= 0.6 is 24.8 Å². The Morgan fingerprint density at radius 3 is 2.54 bits per heavy atom. The highest BCUT2D eigenvalue weighted by atomic mass is 35.5. The number of nitrogens with two attached hydrogens (primary N) is 1. The molecule has 0 spiro atoms. The van der Waals surface area contributed by atoms with Gasteiger partial charge in [0.05, 0.1) is 10.4 Å². The molecule has 0 saturated carbocycles. The molecule has 1 aliphatic rings. The Bertz CT molecular complexity index is 744. The topological polar surface area (TPSA) is 95.7 Å². The van der Waals surface area contributed by atoms with E-state index in [1.54, 1.807) is 25.1 Å². The van der Waals surface area contributed by atoms with Crippen molar-refractivity contribution in [3.63, 3.8) is 0 Å². The zero-order valence-corrected chi connectivity index (χ0v) is 19.1. The van der Waals surface area contributed by atoms with Crippen LogP contribution in [0.5, 0.6) is 0 Å². The Morgan fingerprint density at radius 2 is 1.89 bits per heavy atom. The smallest absolute Gasteiger partial charge is 0.244 e. The van der Waals surface area contributed by atoms with Crippen LogP contribution in [-0.2, 0) is 14.8 Å². The number of benzene rings is 1. The summed E-state index contributed by atoms with van der Waals surface area (Å²) >= 11 is 0. The van der Waals surface area contributed by atoms with Crippen molar-refractivity contribution in [3.8, 4) is 0 Å². The first-order valence-electron chi connectivity index (χ1n) is 9.06. The van der Waals surface area contributed by atoms with Gasteiger partial charge in [0, 0.05) is 25.3 Å². The van der Waals surface area contributed by atoms with Crippen LogP contribution in [0.1, 0.15) is 33.1 Å². The molecule has 1 fully saturated rings. The number of hydrogen-bond acceptors (Lipinski definition) is 5. The zero-order valence-electron chi connectivity index (χ0n) is 16.7. The molecule has 1 unspecified atom stereocenters. The summed E-state index contributed by atoms with van der Waals surface area (Å²) in [5.74, 6) is -0.315. The maximum atomic E-state index is 13.0. The van der Waals surface area contributed by atoms with Gasteiger partial charge < -0.3 is 16.0 Å². The van der Waals surface area contributed by atoms with Crippen molar-refractivity contribution in [2.24, 2.45) is 5.73 Å². The van der Waals surface area contributed by atoms with Gasteiger partial charge in [-0.2, -0.15) is 4.31 Å². The number of halogens is 2. The standard InChI is InChI=1S/C18H30N4O3S.2ClH/c1-4-9-18(2,19)17(23)20-15-7-5-8-16(14-15)26(24,25)22-11-6-10-21(3)12-13-22;;/h5,7-8,14H,4,6,9-13,19H2,1-3H3,(H,20,23);2*1H. The molecular formula is C18H32Cl2N4O3S. The molecule has 0 radical (unpaired) electrons. The molecule has 2 rings (SSSR count). The fraction of sp³-hybridized carbons (Fsp3) is 0.611. The van der Waals surface area contributed by atoms with Crippen molar-refractivity contribution in [1.29, 1.82) is 0 Å². The van der Waals surface area contributed by atoms with Gasteiger partial charge in [0.2, 0.25) is 15.9 Å². The summed E-state index contributed by atoms with van der Waals surface area (Å²) in [6.45, 7) is 6.20. The van der Waals surface area contributed by atoms with E-state index in [-0.39, 0.29) is 35.6 Å². The first kappa shape index (κ1) is 27.1. The number of amides is 1. The van der Waals surface area contributed by atoms with E-state index < -0.39 is 15.6 Å². The van der Waals surface area contributed by atoms with Crippen molar-refractivity contribution >= 4 is 46.4 Å². The molecule has 0 aliphatic carbocycles. The summed E-state index contributed by atoms with van der Waals surface area (Å²) in [7, 11) is -1.60. The molecule has 1 saturated heterocycles. The molecule has 3 N–H and O–H groups in total. The minimum Gasteiger partial charge on any atom is -0.324 e. The Labute approximate surface area is 180 Å². The van der Waals surface area contributed by atoms with Gasteiger partial charge in [-0.25, -0.2) is 8.42 Å². The maximum Gasteiger partial charge on any atom is 0.244 e. The van der Waals surface area contributed by atoms with Crippen molar-refractivity contribution in [1.82, 2.24) is 9.21 Å². The number of likely N-dealkylation sites (N-methyl/N-ethyl adjacent to an activating group) is 1. The van der Waals surface area contributed by atoms with Crippen LogP contribution in [0, 0.1) is 0 Å². The first-order valence-corrected chi connectivity index (χ1v) is 10.5. The quantitative estimate of drug-likeness (QED) is 0.687.